The maximum Gasteiger partial charge on any atom is 0.229 e. The first-order valence-electron chi connectivity index (χ1n) is 11.3. The van der Waals surface area contributed by atoms with Gasteiger partial charge in [-0.05, 0) is 37.6 Å². The van der Waals surface area contributed by atoms with Gasteiger partial charge in [-0.1, -0.05) is 23.4 Å². The Kier molecular flexibility index (Phi) is 6.06. The van der Waals surface area contributed by atoms with Gasteiger partial charge in [-0.3, -0.25) is 0 Å². The summed E-state index contributed by atoms with van der Waals surface area (Å²) >= 11 is 0. The number of oxime groups is 1. The van der Waals surface area contributed by atoms with Crippen LogP contribution in [0.2, 0.25) is 0 Å². The number of benzene rings is 1. The molecular formula is C24H28N6O3. The second-order valence-electron chi connectivity index (χ2n) is 8.55. The zero-order valence-corrected chi connectivity index (χ0v) is 18.9. The van der Waals surface area contributed by atoms with Crippen LogP contribution in [0.5, 0.6) is 0 Å². The van der Waals surface area contributed by atoms with Crippen molar-refractivity contribution >= 4 is 29.0 Å². The van der Waals surface area contributed by atoms with Crippen molar-refractivity contribution in [2.75, 3.05) is 49.2 Å². The lowest BCUT2D eigenvalue weighted by molar-refractivity contribution is -0.00570. The predicted octanol–water partition coefficient (Wildman–Crippen LogP) is 2.95. The highest BCUT2D eigenvalue weighted by Crippen LogP contribution is 2.30. The van der Waals surface area contributed by atoms with Gasteiger partial charge in [-0.15, -0.1) is 0 Å². The molecule has 4 heterocycles. The van der Waals surface area contributed by atoms with E-state index in [9.17, 15) is 0 Å². The molecule has 2 aliphatic rings. The highest BCUT2D eigenvalue weighted by atomic mass is 16.5. The van der Waals surface area contributed by atoms with Gasteiger partial charge < -0.3 is 24.5 Å². The van der Waals surface area contributed by atoms with E-state index in [4.69, 9.17) is 29.6 Å². The topological polar surface area (TPSA) is 96.2 Å². The first-order valence-corrected chi connectivity index (χ1v) is 11.3. The highest BCUT2D eigenvalue weighted by Gasteiger charge is 2.26. The van der Waals surface area contributed by atoms with E-state index in [0.29, 0.717) is 24.8 Å². The molecule has 1 aromatic carbocycles. The SMILES string of the molecule is CC1CN(c2nc(N3CCOCC3)c3ccc(-c4cccc(C=NO)c4)nc3n2)CC(C)O1. The van der Waals surface area contributed by atoms with Crippen LogP contribution in [0.3, 0.4) is 0 Å². The number of ether oxygens (including phenoxy) is 2. The number of pyridine rings is 1. The van der Waals surface area contributed by atoms with Crippen LogP contribution in [0.4, 0.5) is 11.8 Å². The molecule has 0 bridgehead atoms. The molecule has 9 nitrogen and oxygen atoms in total. The zero-order valence-electron chi connectivity index (χ0n) is 18.9. The number of anilines is 2. The minimum absolute atomic E-state index is 0.107. The Hall–Kier alpha value is -3.30. The van der Waals surface area contributed by atoms with Gasteiger partial charge in [0.25, 0.3) is 0 Å². The van der Waals surface area contributed by atoms with Gasteiger partial charge in [0.2, 0.25) is 5.95 Å². The molecule has 9 heteroatoms. The van der Waals surface area contributed by atoms with E-state index in [1.807, 2.05) is 36.4 Å². The summed E-state index contributed by atoms with van der Waals surface area (Å²) in [5, 5.41) is 12.9. The van der Waals surface area contributed by atoms with Crippen molar-refractivity contribution in [2.24, 2.45) is 5.16 Å². The molecule has 1 N–H and O–H groups in total. The Bertz CT molecular complexity index is 1150. The van der Waals surface area contributed by atoms with E-state index < -0.39 is 0 Å². The van der Waals surface area contributed by atoms with Crippen molar-refractivity contribution in [3.63, 3.8) is 0 Å². The summed E-state index contributed by atoms with van der Waals surface area (Å²) in [4.78, 5) is 19.3. The number of hydrogen-bond acceptors (Lipinski definition) is 9. The summed E-state index contributed by atoms with van der Waals surface area (Å²) in [5.41, 5.74) is 3.19. The van der Waals surface area contributed by atoms with Crippen LogP contribution in [0.25, 0.3) is 22.3 Å². The maximum absolute atomic E-state index is 8.88. The first-order chi connectivity index (χ1) is 16.1. The van der Waals surface area contributed by atoms with Gasteiger partial charge in [0.15, 0.2) is 5.65 Å². The van der Waals surface area contributed by atoms with Crippen molar-refractivity contribution in [3.05, 3.63) is 42.0 Å². The summed E-state index contributed by atoms with van der Waals surface area (Å²) < 4.78 is 11.5. The highest BCUT2D eigenvalue weighted by molar-refractivity contribution is 5.90. The van der Waals surface area contributed by atoms with Gasteiger partial charge in [0.1, 0.15) is 5.82 Å². The molecule has 0 spiro atoms. The molecule has 5 rings (SSSR count). The quantitative estimate of drug-likeness (QED) is 0.370. The molecule has 0 radical (unpaired) electrons. The van der Waals surface area contributed by atoms with E-state index >= 15 is 0 Å². The number of hydrogen-bond donors (Lipinski definition) is 1. The Morgan fingerprint density at radius 3 is 2.55 bits per heavy atom. The minimum atomic E-state index is 0.107. The fourth-order valence-corrected chi connectivity index (χ4v) is 4.49. The molecule has 172 valence electrons. The molecule has 0 aliphatic carbocycles. The molecule has 3 aromatic rings. The zero-order chi connectivity index (χ0) is 22.8. The van der Waals surface area contributed by atoms with Crippen LogP contribution in [-0.4, -0.2) is 78.0 Å². The van der Waals surface area contributed by atoms with E-state index in [1.54, 1.807) is 0 Å². The van der Waals surface area contributed by atoms with Crippen molar-refractivity contribution in [3.8, 4) is 11.3 Å². The van der Waals surface area contributed by atoms with E-state index in [2.05, 4.69) is 28.8 Å². The minimum Gasteiger partial charge on any atom is -0.411 e. The number of nitrogens with zero attached hydrogens (tertiary/aromatic N) is 6. The Morgan fingerprint density at radius 1 is 1.00 bits per heavy atom. The lowest BCUT2D eigenvalue weighted by atomic mass is 10.1. The van der Waals surface area contributed by atoms with E-state index in [-0.39, 0.29) is 12.2 Å². The average molecular weight is 449 g/mol. The molecule has 33 heavy (non-hydrogen) atoms. The van der Waals surface area contributed by atoms with E-state index in [0.717, 1.165) is 54.2 Å². The van der Waals surface area contributed by atoms with Gasteiger partial charge in [0, 0.05) is 31.7 Å². The summed E-state index contributed by atoms with van der Waals surface area (Å²) in [6.45, 7) is 8.55. The molecule has 2 unspecified atom stereocenters. The molecule has 0 saturated carbocycles. The van der Waals surface area contributed by atoms with Gasteiger partial charge in [-0.2, -0.15) is 9.97 Å². The van der Waals surface area contributed by atoms with Crippen LogP contribution in [0, 0.1) is 0 Å². The molecule has 2 fully saturated rings. The van der Waals surface area contributed by atoms with Gasteiger partial charge in [0.05, 0.1) is 42.7 Å². The molecule has 0 amide bonds. The van der Waals surface area contributed by atoms with Gasteiger partial charge >= 0.3 is 0 Å². The van der Waals surface area contributed by atoms with Crippen molar-refractivity contribution in [2.45, 2.75) is 26.1 Å². The third-order valence-electron chi connectivity index (χ3n) is 5.93. The smallest absolute Gasteiger partial charge is 0.229 e. The number of morpholine rings is 2. The summed E-state index contributed by atoms with van der Waals surface area (Å²) in [7, 11) is 0. The number of fused-ring (bicyclic) bond motifs is 1. The second-order valence-corrected chi connectivity index (χ2v) is 8.55. The van der Waals surface area contributed by atoms with Crippen LogP contribution < -0.4 is 9.80 Å². The molecule has 2 saturated heterocycles. The summed E-state index contributed by atoms with van der Waals surface area (Å²) in [6.07, 6.45) is 1.62. The maximum atomic E-state index is 8.88. The van der Waals surface area contributed by atoms with Crippen molar-refractivity contribution in [1.29, 1.82) is 0 Å². The number of rotatable bonds is 4. The third kappa shape index (κ3) is 4.60. The largest absolute Gasteiger partial charge is 0.411 e. The van der Waals surface area contributed by atoms with Crippen LogP contribution in [0.1, 0.15) is 19.4 Å². The van der Waals surface area contributed by atoms with E-state index in [1.165, 1.54) is 6.21 Å². The van der Waals surface area contributed by atoms with Gasteiger partial charge in [-0.25, -0.2) is 4.98 Å². The van der Waals surface area contributed by atoms with Crippen LogP contribution >= 0.6 is 0 Å². The molecule has 2 aliphatic heterocycles. The molecule has 2 atom stereocenters. The standard InChI is InChI=1S/C24H28N6O3/c1-16-14-30(15-17(2)33-16)24-27-22-20(23(28-24)29-8-10-32-11-9-29)6-7-21(26-22)19-5-3-4-18(12-19)13-25-31/h3-7,12-13,16-17,31H,8-11,14-15H2,1-2H3. The Labute approximate surface area is 192 Å². The average Bonchev–Trinajstić information content (AvgIpc) is 2.83. The lowest BCUT2D eigenvalue weighted by Crippen LogP contribution is -2.46. The second kappa shape index (κ2) is 9.29. The van der Waals surface area contributed by atoms with Crippen molar-refractivity contribution in [1.82, 2.24) is 15.0 Å². The van der Waals surface area contributed by atoms with Crippen molar-refractivity contribution < 1.29 is 14.7 Å². The monoisotopic (exact) mass is 448 g/mol. The Morgan fingerprint density at radius 2 is 1.79 bits per heavy atom. The van der Waals surface area contributed by atoms with Crippen LogP contribution in [0.15, 0.2) is 41.6 Å². The van der Waals surface area contributed by atoms with Crippen LogP contribution in [-0.2, 0) is 9.47 Å². The summed E-state index contributed by atoms with van der Waals surface area (Å²) in [6, 6.07) is 11.7. The lowest BCUT2D eigenvalue weighted by Gasteiger charge is -2.36. The third-order valence-corrected chi connectivity index (χ3v) is 5.93. The predicted molar refractivity (Wildman–Crippen MR) is 127 cm³/mol. The first kappa shape index (κ1) is 21.5. The molecular weight excluding hydrogens is 420 g/mol. The number of aromatic nitrogens is 3. The fraction of sp³-hybridized carbons (Fsp3) is 0.417. The fourth-order valence-electron chi connectivity index (χ4n) is 4.49. The normalized spacial score (nSPS) is 21.8. The Balaban J connectivity index is 1.61. The summed E-state index contributed by atoms with van der Waals surface area (Å²) in [5.74, 6) is 1.57. The molecule has 2 aromatic heterocycles.